The lowest BCUT2D eigenvalue weighted by Crippen LogP contribution is -2.30. The summed E-state index contributed by atoms with van der Waals surface area (Å²) in [4.78, 5) is 26.4. The molecule has 6 nitrogen and oxygen atoms in total. The van der Waals surface area contributed by atoms with E-state index in [2.05, 4.69) is 0 Å². The van der Waals surface area contributed by atoms with Gasteiger partial charge in [-0.15, -0.1) is 0 Å². The van der Waals surface area contributed by atoms with E-state index < -0.39 is 5.97 Å². The second kappa shape index (κ2) is 9.31. The van der Waals surface area contributed by atoms with Crippen molar-refractivity contribution in [1.82, 2.24) is 4.90 Å². The number of amides is 1. The van der Waals surface area contributed by atoms with Crippen LogP contribution >= 0.6 is 0 Å². The van der Waals surface area contributed by atoms with E-state index in [0.717, 1.165) is 27.6 Å². The monoisotopic (exact) mass is 407 g/mol. The molecule has 0 heterocycles. The minimum absolute atomic E-state index is 0.287. The van der Waals surface area contributed by atoms with Crippen molar-refractivity contribution in [3.8, 4) is 11.5 Å². The zero-order valence-electron chi connectivity index (χ0n) is 17.6. The van der Waals surface area contributed by atoms with Crippen LogP contribution in [0.1, 0.15) is 21.5 Å². The number of hydrogen-bond acceptors (Lipinski definition) is 5. The molecule has 0 bridgehead atoms. The number of methoxy groups -OCH3 is 2. The molecule has 0 aliphatic heterocycles. The predicted molar refractivity (Wildman–Crippen MR) is 115 cm³/mol. The Morgan fingerprint density at radius 3 is 2.37 bits per heavy atom. The van der Waals surface area contributed by atoms with Gasteiger partial charge >= 0.3 is 5.97 Å². The summed E-state index contributed by atoms with van der Waals surface area (Å²) in [5.41, 5.74) is 2.19. The second-order valence-corrected chi connectivity index (χ2v) is 7.08. The van der Waals surface area contributed by atoms with Gasteiger partial charge in [0.15, 0.2) is 6.61 Å². The van der Waals surface area contributed by atoms with Crippen molar-refractivity contribution in [2.45, 2.75) is 13.5 Å². The van der Waals surface area contributed by atoms with Gasteiger partial charge in [-0.3, -0.25) is 4.79 Å². The fourth-order valence-electron chi connectivity index (χ4n) is 3.16. The van der Waals surface area contributed by atoms with Gasteiger partial charge in [0.2, 0.25) is 0 Å². The number of esters is 1. The average molecular weight is 407 g/mol. The molecule has 0 saturated heterocycles. The Balaban J connectivity index is 1.61. The Labute approximate surface area is 176 Å². The molecule has 0 aromatic heterocycles. The van der Waals surface area contributed by atoms with Crippen molar-refractivity contribution in [3.05, 3.63) is 71.3 Å². The van der Waals surface area contributed by atoms with E-state index in [1.165, 1.54) is 12.0 Å². The zero-order chi connectivity index (χ0) is 21.7. The maximum atomic E-state index is 12.5. The fraction of sp³-hybridized carbons (Fsp3) is 0.250. The van der Waals surface area contributed by atoms with Gasteiger partial charge in [0, 0.05) is 13.6 Å². The molecule has 6 heteroatoms. The Morgan fingerprint density at radius 2 is 1.63 bits per heavy atom. The van der Waals surface area contributed by atoms with Crippen molar-refractivity contribution in [3.63, 3.8) is 0 Å². The quantitative estimate of drug-likeness (QED) is 0.554. The predicted octanol–water partition coefficient (Wildman–Crippen LogP) is 3.98. The zero-order valence-corrected chi connectivity index (χ0v) is 17.6. The number of carbonyl (C=O) groups is 2. The first-order chi connectivity index (χ1) is 14.4. The Hall–Kier alpha value is -3.54. The minimum Gasteiger partial charge on any atom is -0.497 e. The maximum absolute atomic E-state index is 12.5. The van der Waals surface area contributed by atoms with Gasteiger partial charge < -0.3 is 19.1 Å². The number of nitrogens with zero attached hydrogens (tertiary/aromatic N) is 1. The Kier molecular flexibility index (Phi) is 6.57. The van der Waals surface area contributed by atoms with Crippen LogP contribution in [0.15, 0.2) is 54.6 Å². The molecule has 0 spiro atoms. The van der Waals surface area contributed by atoms with Gasteiger partial charge in [-0.2, -0.15) is 0 Å². The summed E-state index contributed by atoms with van der Waals surface area (Å²) < 4.78 is 15.7. The summed E-state index contributed by atoms with van der Waals surface area (Å²) in [6.07, 6.45) is 0. The molecule has 0 atom stereocenters. The molecule has 0 aliphatic carbocycles. The highest BCUT2D eigenvalue weighted by Gasteiger charge is 2.17. The fourth-order valence-corrected chi connectivity index (χ4v) is 3.16. The molecule has 3 aromatic carbocycles. The number of likely N-dealkylation sites (N-methyl/N-ethyl adjacent to an activating group) is 1. The lowest BCUT2D eigenvalue weighted by atomic mass is 10.1. The van der Waals surface area contributed by atoms with E-state index >= 15 is 0 Å². The second-order valence-electron chi connectivity index (χ2n) is 7.08. The third-order valence-corrected chi connectivity index (χ3v) is 4.86. The van der Waals surface area contributed by atoms with Crippen LogP contribution in [-0.4, -0.2) is 44.7 Å². The molecule has 3 rings (SSSR count). The van der Waals surface area contributed by atoms with Crippen LogP contribution < -0.4 is 9.47 Å². The van der Waals surface area contributed by atoms with Crippen molar-refractivity contribution in [1.29, 1.82) is 0 Å². The van der Waals surface area contributed by atoms with E-state index in [9.17, 15) is 9.59 Å². The largest absolute Gasteiger partial charge is 0.497 e. The summed E-state index contributed by atoms with van der Waals surface area (Å²) >= 11 is 0. The lowest BCUT2D eigenvalue weighted by Gasteiger charge is -2.18. The van der Waals surface area contributed by atoms with Gasteiger partial charge in [0.1, 0.15) is 17.1 Å². The van der Waals surface area contributed by atoms with E-state index in [1.54, 1.807) is 26.3 Å². The number of rotatable bonds is 7. The molecule has 0 fully saturated rings. The third kappa shape index (κ3) is 4.89. The number of ether oxygens (including phenoxy) is 3. The highest BCUT2D eigenvalue weighted by molar-refractivity contribution is 5.94. The lowest BCUT2D eigenvalue weighted by molar-refractivity contribution is -0.133. The van der Waals surface area contributed by atoms with E-state index in [4.69, 9.17) is 14.2 Å². The standard InChI is InChI=1S/C24H25NO5/c1-16-5-10-22(29-4)21(11-16)24(27)30-15-23(26)25(2)14-17-6-7-19-13-20(28-3)9-8-18(19)12-17/h5-13H,14-15H2,1-4H3. The van der Waals surface area contributed by atoms with Crippen LogP contribution in [0.4, 0.5) is 0 Å². The van der Waals surface area contributed by atoms with Crippen molar-refractivity contribution in [2.75, 3.05) is 27.9 Å². The van der Waals surface area contributed by atoms with Crippen molar-refractivity contribution < 1.29 is 23.8 Å². The molecule has 0 saturated carbocycles. The molecular weight excluding hydrogens is 382 g/mol. The number of carbonyl (C=O) groups excluding carboxylic acids is 2. The van der Waals surface area contributed by atoms with Crippen LogP contribution in [0.3, 0.4) is 0 Å². The van der Waals surface area contributed by atoms with E-state index in [-0.39, 0.29) is 12.5 Å². The molecule has 156 valence electrons. The smallest absolute Gasteiger partial charge is 0.342 e. The maximum Gasteiger partial charge on any atom is 0.342 e. The van der Waals surface area contributed by atoms with Crippen molar-refractivity contribution >= 4 is 22.6 Å². The van der Waals surface area contributed by atoms with Crippen LogP contribution in [0, 0.1) is 6.92 Å². The number of hydrogen-bond donors (Lipinski definition) is 0. The Bertz CT molecular complexity index is 1080. The van der Waals surface area contributed by atoms with Gasteiger partial charge in [-0.05, 0) is 53.6 Å². The molecule has 30 heavy (non-hydrogen) atoms. The molecule has 0 radical (unpaired) electrons. The molecule has 0 unspecified atom stereocenters. The number of benzene rings is 3. The first-order valence-electron chi connectivity index (χ1n) is 9.53. The first kappa shape index (κ1) is 21.2. The summed E-state index contributed by atoms with van der Waals surface area (Å²) in [7, 11) is 4.81. The summed E-state index contributed by atoms with van der Waals surface area (Å²) in [5.74, 6) is 0.343. The van der Waals surface area contributed by atoms with Gasteiger partial charge in [0.25, 0.3) is 5.91 Å². The topological polar surface area (TPSA) is 65.1 Å². The molecule has 0 aliphatic rings. The molecule has 3 aromatic rings. The summed E-state index contributed by atoms with van der Waals surface area (Å²) in [6.45, 7) is 1.94. The Morgan fingerprint density at radius 1 is 0.900 bits per heavy atom. The van der Waals surface area contributed by atoms with Crippen LogP contribution in [-0.2, 0) is 16.1 Å². The van der Waals surface area contributed by atoms with E-state index in [0.29, 0.717) is 17.9 Å². The SMILES string of the molecule is COc1ccc2cc(CN(C)C(=O)COC(=O)c3cc(C)ccc3OC)ccc2c1. The normalized spacial score (nSPS) is 10.5. The first-order valence-corrected chi connectivity index (χ1v) is 9.53. The molecular formula is C24H25NO5. The van der Waals surface area contributed by atoms with Gasteiger partial charge in [0.05, 0.1) is 14.2 Å². The number of fused-ring (bicyclic) bond motifs is 1. The van der Waals surface area contributed by atoms with Crippen LogP contribution in [0.25, 0.3) is 10.8 Å². The van der Waals surface area contributed by atoms with Crippen molar-refractivity contribution in [2.24, 2.45) is 0 Å². The molecule has 1 amide bonds. The average Bonchev–Trinajstić information content (AvgIpc) is 2.76. The summed E-state index contributed by atoms with van der Waals surface area (Å²) in [5, 5.41) is 2.13. The van der Waals surface area contributed by atoms with Crippen LogP contribution in [0.2, 0.25) is 0 Å². The number of aryl methyl sites for hydroxylation is 1. The third-order valence-electron chi connectivity index (χ3n) is 4.86. The van der Waals surface area contributed by atoms with E-state index in [1.807, 2.05) is 49.4 Å². The van der Waals surface area contributed by atoms with Gasteiger partial charge in [-0.1, -0.05) is 29.8 Å². The highest BCUT2D eigenvalue weighted by atomic mass is 16.5. The summed E-state index contributed by atoms with van der Waals surface area (Å²) in [6, 6.07) is 17.1. The van der Waals surface area contributed by atoms with Crippen LogP contribution in [0.5, 0.6) is 11.5 Å². The molecule has 0 N–H and O–H groups in total. The minimum atomic E-state index is -0.586. The highest BCUT2D eigenvalue weighted by Crippen LogP contribution is 2.23. The van der Waals surface area contributed by atoms with Gasteiger partial charge in [-0.25, -0.2) is 4.79 Å².